The molecule has 0 fully saturated rings. The van der Waals surface area contributed by atoms with Crippen molar-refractivity contribution in [2.75, 3.05) is 0 Å². The molecule has 13 heteroatoms. The first-order valence-electron chi connectivity index (χ1n) is 9.40. The van der Waals surface area contributed by atoms with Gasteiger partial charge in [0.2, 0.25) is 0 Å². The highest BCUT2D eigenvalue weighted by atomic mass is 32.2. The van der Waals surface area contributed by atoms with Gasteiger partial charge in [0.25, 0.3) is 5.56 Å². The number of aromatic nitrogens is 1. The van der Waals surface area contributed by atoms with Crippen molar-refractivity contribution in [1.29, 1.82) is 0 Å². The molecule has 0 unspecified atom stereocenters. The third kappa shape index (κ3) is 4.34. The van der Waals surface area contributed by atoms with E-state index in [-0.39, 0.29) is 10.9 Å². The number of rotatable bonds is 4. The molecule has 0 amide bonds. The summed E-state index contributed by atoms with van der Waals surface area (Å²) in [6.07, 6.45) is 0. The minimum absolute atomic E-state index is 0.144. The lowest BCUT2D eigenvalue weighted by molar-refractivity contribution is -0.0500. The fraction of sp³-hybridized carbons (Fsp3) is 0.0455. The van der Waals surface area contributed by atoms with E-state index in [2.05, 4.69) is 4.18 Å². The molecule has 182 valence electrons. The second-order valence-corrected chi connectivity index (χ2v) is 8.63. The van der Waals surface area contributed by atoms with Crippen LogP contribution in [0, 0.1) is 23.3 Å². The van der Waals surface area contributed by atoms with Crippen LogP contribution in [0.15, 0.2) is 65.5 Å². The minimum atomic E-state index is -6.23. The molecular formula is C22H10F7NO4S. The maximum atomic E-state index is 14.6. The molecule has 0 aliphatic heterocycles. The minimum Gasteiger partial charge on any atom is -0.376 e. The molecule has 0 bridgehead atoms. The maximum Gasteiger partial charge on any atom is 0.534 e. The Morgan fingerprint density at radius 3 is 2.03 bits per heavy atom. The largest absolute Gasteiger partial charge is 0.534 e. The molecule has 4 rings (SSSR count). The van der Waals surface area contributed by atoms with Crippen LogP contribution in [0.5, 0.6) is 5.75 Å². The van der Waals surface area contributed by atoms with Gasteiger partial charge in [-0.15, -0.1) is 0 Å². The quantitative estimate of drug-likeness (QED) is 0.205. The van der Waals surface area contributed by atoms with Crippen molar-refractivity contribution >= 4 is 21.0 Å². The first-order valence-corrected chi connectivity index (χ1v) is 10.8. The van der Waals surface area contributed by atoms with E-state index >= 15 is 0 Å². The van der Waals surface area contributed by atoms with Crippen molar-refractivity contribution in [3.8, 4) is 22.6 Å². The van der Waals surface area contributed by atoms with Crippen LogP contribution in [-0.2, 0) is 10.1 Å². The summed E-state index contributed by atoms with van der Waals surface area (Å²) < 4.78 is 124. The number of hydrogen-bond donors (Lipinski definition) is 0. The van der Waals surface area contributed by atoms with Crippen LogP contribution < -0.4 is 9.74 Å². The molecule has 35 heavy (non-hydrogen) atoms. The number of halogens is 7. The smallest absolute Gasteiger partial charge is 0.376 e. The first-order chi connectivity index (χ1) is 16.3. The van der Waals surface area contributed by atoms with Crippen molar-refractivity contribution in [3.05, 3.63) is 94.3 Å². The lowest BCUT2D eigenvalue weighted by atomic mass is 9.99. The summed E-state index contributed by atoms with van der Waals surface area (Å²) in [4.78, 5) is 12.6. The Bertz CT molecular complexity index is 1630. The van der Waals surface area contributed by atoms with Crippen molar-refractivity contribution < 1.29 is 43.3 Å². The highest BCUT2D eigenvalue weighted by molar-refractivity contribution is 7.88. The molecular weight excluding hydrogens is 507 g/mol. The Hall–Kier alpha value is -3.87. The van der Waals surface area contributed by atoms with Gasteiger partial charge in [-0.2, -0.15) is 21.6 Å². The topological polar surface area (TPSA) is 65.4 Å². The molecule has 0 spiro atoms. The van der Waals surface area contributed by atoms with Gasteiger partial charge in [-0.05, 0) is 42.0 Å². The van der Waals surface area contributed by atoms with Crippen LogP contribution in [0.25, 0.3) is 27.7 Å². The fourth-order valence-corrected chi connectivity index (χ4v) is 3.85. The van der Waals surface area contributed by atoms with Gasteiger partial charge >= 0.3 is 15.6 Å². The zero-order valence-electron chi connectivity index (χ0n) is 16.9. The Kier molecular flexibility index (Phi) is 5.83. The summed E-state index contributed by atoms with van der Waals surface area (Å²) in [6, 6.07) is 8.03. The van der Waals surface area contributed by atoms with Gasteiger partial charge in [-0.3, -0.25) is 9.36 Å². The molecule has 3 aromatic carbocycles. The predicted molar refractivity (Wildman–Crippen MR) is 110 cm³/mol. The summed E-state index contributed by atoms with van der Waals surface area (Å²) in [7, 11) is -6.23. The third-order valence-corrected chi connectivity index (χ3v) is 5.84. The second-order valence-electron chi connectivity index (χ2n) is 7.09. The van der Waals surface area contributed by atoms with Crippen LogP contribution in [0.1, 0.15) is 0 Å². The summed E-state index contributed by atoms with van der Waals surface area (Å²) in [6.45, 7) is 0. The van der Waals surface area contributed by atoms with Crippen molar-refractivity contribution in [2.24, 2.45) is 0 Å². The van der Waals surface area contributed by atoms with Crippen LogP contribution >= 0.6 is 0 Å². The number of fused-ring (bicyclic) bond motifs is 1. The van der Waals surface area contributed by atoms with E-state index in [9.17, 15) is 43.9 Å². The Labute approximate surface area is 191 Å². The number of pyridine rings is 1. The van der Waals surface area contributed by atoms with Gasteiger partial charge in [-0.1, -0.05) is 6.07 Å². The summed E-state index contributed by atoms with van der Waals surface area (Å²) in [5.41, 5.74) is -9.12. The number of alkyl halides is 3. The number of para-hydroxylation sites is 1. The zero-order chi connectivity index (χ0) is 25.7. The van der Waals surface area contributed by atoms with Gasteiger partial charge in [-0.25, -0.2) is 17.6 Å². The highest BCUT2D eigenvalue weighted by Crippen LogP contribution is 2.37. The Balaban J connectivity index is 2.14. The standard InChI is InChI=1S/C22H10F7NO4S/c23-11-4-5-13(18(26)8-11)15-9-12(34-35(32,33)22(27,28)29)10-19-14(15)6-7-20(31)30(19)21-16(24)2-1-3-17(21)25/h1-10H. The molecule has 0 saturated carbocycles. The summed E-state index contributed by atoms with van der Waals surface area (Å²) in [5.74, 6) is -5.71. The van der Waals surface area contributed by atoms with Crippen molar-refractivity contribution in [2.45, 2.75) is 5.51 Å². The van der Waals surface area contributed by atoms with E-state index in [1.54, 1.807) is 0 Å². The van der Waals surface area contributed by atoms with Crippen LogP contribution in [0.4, 0.5) is 30.7 Å². The van der Waals surface area contributed by atoms with E-state index in [1.807, 2.05) is 0 Å². The Morgan fingerprint density at radius 1 is 0.771 bits per heavy atom. The molecule has 0 radical (unpaired) electrons. The van der Waals surface area contributed by atoms with E-state index in [4.69, 9.17) is 0 Å². The lowest BCUT2D eigenvalue weighted by Crippen LogP contribution is -2.28. The first kappa shape index (κ1) is 24.3. The lowest BCUT2D eigenvalue weighted by Gasteiger charge is -2.17. The van der Waals surface area contributed by atoms with Crippen molar-refractivity contribution in [1.82, 2.24) is 4.57 Å². The van der Waals surface area contributed by atoms with Crippen LogP contribution in [-0.4, -0.2) is 18.5 Å². The third-order valence-electron chi connectivity index (χ3n) is 4.86. The van der Waals surface area contributed by atoms with E-state index in [0.717, 1.165) is 42.5 Å². The average molecular weight is 517 g/mol. The molecule has 0 saturated heterocycles. The maximum absolute atomic E-state index is 14.6. The summed E-state index contributed by atoms with van der Waals surface area (Å²) >= 11 is 0. The van der Waals surface area contributed by atoms with Crippen LogP contribution in [0.2, 0.25) is 0 Å². The molecule has 0 atom stereocenters. The van der Waals surface area contributed by atoms with Gasteiger partial charge < -0.3 is 4.18 Å². The molecule has 4 aromatic rings. The average Bonchev–Trinajstić information content (AvgIpc) is 2.73. The van der Waals surface area contributed by atoms with E-state index < -0.39 is 67.0 Å². The molecule has 0 N–H and O–H groups in total. The molecule has 0 aliphatic rings. The Morgan fingerprint density at radius 2 is 1.43 bits per heavy atom. The SMILES string of the molecule is O=c1ccc2c(-c3ccc(F)cc3F)cc(OS(=O)(=O)C(F)(F)F)cc2n1-c1c(F)cccc1F. The van der Waals surface area contributed by atoms with E-state index in [1.165, 1.54) is 0 Å². The second kappa shape index (κ2) is 8.41. The molecule has 1 aromatic heterocycles. The van der Waals surface area contributed by atoms with E-state index in [0.29, 0.717) is 22.8 Å². The van der Waals surface area contributed by atoms with Gasteiger partial charge in [0.05, 0.1) is 5.52 Å². The van der Waals surface area contributed by atoms with Crippen molar-refractivity contribution in [3.63, 3.8) is 0 Å². The summed E-state index contributed by atoms with van der Waals surface area (Å²) in [5, 5.41) is -0.144. The zero-order valence-corrected chi connectivity index (χ0v) is 17.7. The van der Waals surface area contributed by atoms with Crippen LogP contribution in [0.3, 0.4) is 0 Å². The monoisotopic (exact) mass is 517 g/mol. The number of nitrogens with zero attached hydrogens (tertiary/aromatic N) is 1. The highest BCUT2D eigenvalue weighted by Gasteiger charge is 2.48. The number of benzene rings is 3. The fourth-order valence-electron chi connectivity index (χ4n) is 3.41. The van der Waals surface area contributed by atoms with Gasteiger partial charge in [0.1, 0.15) is 34.7 Å². The van der Waals surface area contributed by atoms with Gasteiger partial charge in [0, 0.05) is 29.1 Å². The normalized spacial score (nSPS) is 12.2. The molecule has 1 heterocycles. The predicted octanol–water partition coefficient (Wildman–Crippen LogP) is 5.44. The number of hydrogen-bond acceptors (Lipinski definition) is 4. The van der Waals surface area contributed by atoms with Gasteiger partial charge in [0.15, 0.2) is 0 Å². The molecule has 0 aliphatic carbocycles. The molecule has 5 nitrogen and oxygen atoms in total.